The molecular formula is C38H36N2. The van der Waals surface area contributed by atoms with Gasteiger partial charge in [-0.3, -0.25) is 0 Å². The van der Waals surface area contributed by atoms with Crippen molar-refractivity contribution in [2.24, 2.45) is 0 Å². The fourth-order valence-electron chi connectivity index (χ4n) is 7.09. The fraction of sp³-hybridized carbons (Fsp3) is 0.211. The number of benzene rings is 5. The highest BCUT2D eigenvalue weighted by Gasteiger charge is 2.40. The van der Waals surface area contributed by atoms with E-state index in [0.717, 1.165) is 0 Å². The molecule has 2 aliphatic carbocycles. The summed E-state index contributed by atoms with van der Waals surface area (Å²) in [6.07, 6.45) is 6.46. The van der Waals surface area contributed by atoms with Gasteiger partial charge in [-0.15, -0.1) is 0 Å². The molecule has 5 aromatic rings. The monoisotopic (exact) mass is 520 g/mol. The third-order valence-electron chi connectivity index (χ3n) is 8.80. The van der Waals surface area contributed by atoms with Gasteiger partial charge in [-0.2, -0.15) is 0 Å². The van der Waals surface area contributed by atoms with Gasteiger partial charge in [0, 0.05) is 23.1 Å². The Labute approximate surface area is 238 Å². The minimum Gasteiger partial charge on any atom is -0.357 e. The molecule has 2 aliphatic rings. The molecule has 0 unspecified atom stereocenters. The first-order chi connectivity index (χ1) is 19.9. The maximum absolute atomic E-state index is 2.77. The van der Waals surface area contributed by atoms with E-state index >= 15 is 0 Å². The Hall–Kier alpha value is -4.30. The van der Waals surface area contributed by atoms with Gasteiger partial charge in [0.15, 0.2) is 0 Å². The molecular weight excluding hydrogens is 484 g/mol. The van der Waals surface area contributed by atoms with Gasteiger partial charge >= 0.3 is 0 Å². The molecule has 0 bridgehead atoms. The summed E-state index contributed by atoms with van der Waals surface area (Å²) < 4.78 is 0. The standard InChI is InChI=1S/C38H36N2/c1-5-17-29(18-6-1)39(30-19-7-2-8-20-30)37-33-25-13-15-27-35(33)38(36-28-16-14-26-34(36)37)40(31-21-9-3-10-22-31)32-23-11-4-12-24-32/h1-3,5-10,13-22,25-28,32,37-38H,4,11-12,23-24H2. The second-order valence-corrected chi connectivity index (χ2v) is 11.1. The average Bonchev–Trinajstić information content (AvgIpc) is 3.04. The lowest BCUT2D eigenvalue weighted by molar-refractivity contribution is 0.397. The van der Waals surface area contributed by atoms with Crippen molar-refractivity contribution in [3.63, 3.8) is 0 Å². The number of hydrogen-bond donors (Lipinski definition) is 0. The Morgan fingerprint density at radius 2 is 0.750 bits per heavy atom. The van der Waals surface area contributed by atoms with E-state index in [1.807, 2.05) is 0 Å². The lowest BCUT2D eigenvalue weighted by Gasteiger charge is -2.48. The molecule has 198 valence electrons. The van der Waals surface area contributed by atoms with Crippen LogP contribution >= 0.6 is 0 Å². The van der Waals surface area contributed by atoms with Crippen LogP contribution in [0.4, 0.5) is 17.1 Å². The van der Waals surface area contributed by atoms with E-state index in [-0.39, 0.29) is 12.1 Å². The van der Waals surface area contributed by atoms with Gasteiger partial charge in [0.25, 0.3) is 0 Å². The zero-order valence-corrected chi connectivity index (χ0v) is 22.9. The van der Waals surface area contributed by atoms with E-state index in [1.165, 1.54) is 71.4 Å². The Morgan fingerprint density at radius 3 is 1.20 bits per heavy atom. The second kappa shape index (κ2) is 11.1. The average molecular weight is 521 g/mol. The first-order valence-corrected chi connectivity index (χ1v) is 14.8. The quantitative estimate of drug-likeness (QED) is 0.220. The number of rotatable bonds is 6. The first kappa shape index (κ1) is 24.7. The summed E-state index contributed by atoms with van der Waals surface area (Å²) >= 11 is 0. The van der Waals surface area contributed by atoms with Crippen molar-refractivity contribution in [2.75, 3.05) is 9.80 Å². The molecule has 1 saturated carbocycles. The van der Waals surface area contributed by atoms with E-state index in [0.29, 0.717) is 6.04 Å². The van der Waals surface area contributed by atoms with Crippen LogP contribution in [0.1, 0.15) is 66.4 Å². The highest BCUT2D eigenvalue weighted by Crippen LogP contribution is 2.51. The summed E-state index contributed by atoms with van der Waals surface area (Å²) in [4.78, 5) is 5.30. The Kier molecular flexibility index (Phi) is 6.83. The number of fused-ring (bicyclic) bond motifs is 2. The van der Waals surface area contributed by atoms with Gasteiger partial charge in [0.1, 0.15) is 0 Å². The minimum atomic E-state index is 0.0671. The number of hydrogen-bond acceptors (Lipinski definition) is 2. The first-order valence-electron chi connectivity index (χ1n) is 14.8. The second-order valence-electron chi connectivity index (χ2n) is 11.1. The van der Waals surface area contributed by atoms with Crippen LogP contribution in [-0.4, -0.2) is 6.04 Å². The molecule has 40 heavy (non-hydrogen) atoms. The van der Waals surface area contributed by atoms with Crippen molar-refractivity contribution < 1.29 is 0 Å². The SMILES string of the molecule is c1ccc(N(c2ccccc2)C2c3ccccc3C(N(c3ccccc3)C3CCCCC3)c3ccccc32)cc1. The molecule has 0 saturated heterocycles. The summed E-state index contributed by atoms with van der Waals surface area (Å²) in [6.45, 7) is 0. The van der Waals surface area contributed by atoms with Gasteiger partial charge in [0.2, 0.25) is 0 Å². The summed E-state index contributed by atoms with van der Waals surface area (Å²) in [7, 11) is 0. The minimum absolute atomic E-state index is 0.0671. The fourth-order valence-corrected chi connectivity index (χ4v) is 7.09. The molecule has 0 aromatic heterocycles. The zero-order valence-electron chi connectivity index (χ0n) is 22.9. The van der Waals surface area contributed by atoms with Crippen LogP contribution in [0.5, 0.6) is 0 Å². The van der Waals surface area contributed by atoms with Crippen LogP contribution in [0.2, 0.25) is 0 Å². The molecule has 2 heteroatoms. The summed E-state index contributed by atoms with van der Waals surface area (Å²) in [5, 5.41) is 0. The van der Waals surface area contributed by atoms with E-state index in [2.05, 4.69) is 149 Å². The van der Waals surface area contributed by atoms with Gasteiger partial charge < -0.3 is 9.80 Å². The predicted molar refractivity (Wildman–Crippen MR) is 167 cm³/mol. The molecule has 0 N–H and O–H groups in total. The topological polar surface area (TPSA) is 6.48 Å². The maximum Gasteiger partial charge on any atom is 0.0851 e. The molecule has 1 fully saturated rings. The lowest BCUT2D eigenvalue weighted by atomic mass is 9.76. The molecule has 0 spiro atoms. The molecule has 0 heterocycles. The van der Waals surface area contributed by atoms with Gasteiger partial charge in [0.05, 0.1) is 12.1 Å². The third-order valence-corrected chi connectivity index (χ3v) is 8.80. The molecule has 2 nitrogen and oxygen atoms in total. The van der Waals surface area contributed by atoms with E-state index in [9.17, 15) is 0 Å². The normalized spacial score (nSPS) is 18.4. The van der Waals surface area contributed by atoms with Crippen LogP contribution in [-0.2, 0) is 0 Å². The van der Waals surface area contributed by atoms with E-state index in [1.54, 1.807) is 0 Å². The molecule has 0 aliphatic heterocycles. The van der Waals surface area contributed by atoms with Gasteiger partial charge in [-0.1, -0.05) is 122 Å². The van der Waals surface area contributed by atoms with E-state index in [4.69, 9.17) is 0 Å². The highest BCUT2D eigenvalue weighted by molar-refractivity contribution is 5.71. The van der Waals surface area contributed by atoms with Crippen LogP contribution < -0.4 is 9.80 Å². The smallest absolute Gasteiger partial charge is 0.0851 e. The van der Waals surface area contributed by atoms with Crippen molar-refractivity contribution in [2.45, 2.75) is 50.2 Å². The largest absolute Gasteiger partial charge is 0.357 e. The van der Waals surface area contributed by atoms with Gasteiger partial charge in [-0.05, 0) is 71.5 Å². The third kappa shape index (κ3) is 4.48. The van der Waals surface area contributed by atoms with Crippen molar-refractivity contribution in [1.82, 2.24) is 0 Å². The molecule has 5 aromatic carbocycles. The molecule has 0 amide bonds. The van der Waals surface area contributed by atoms with Crippen molar-refractivity contribution >= 4 is 17.1 Å². The Morgan fingerprint density at radius 1 is 0.375 bits per heavy atom. The Balaban J connectivity index is 1.46. The van der Waals surface area contributed by atoms with Crippen molar-refractivity contribution in [3.05, 3.63) is 162 Å². The highest BCUT2D eigenvalue weighted by atomic mass is 15.2. The number of anilines is 3. The van der Waals surface area contributed by atoms with Crippen LogP contribution in [0.25, 0.3) is 0 Å². The van der Waals surface area contributed by atoms with Crippen LogP contribution in [0, 0.1) is 0 Å². The molecule has 0 atom stereocenters. The zero-order chi connectivity index (χ0) is 26.7. The molecule has 7 rings (SSSR count). The maximum atomic E-state index is 2.77. The van der Waals surface area contributed by atoms with Crippen LogP contribution in [0.15, 0.2) is 140 Å². The molecule has 0 radical (unpaired) electrons. The summed E-state index contributed by atoms with van der Waals surface area (Å²) in [6, 6.07) is 52.1. The summed E-state index contributed by atoms with van der Waals surface area (Å²) in [5.74, 6) is 0. The lowest BCUT2D eigenvalue weighted by Crippen LogP contribution is -2.43. The number of para-hydroxylation sites is 3. The van der Waals surface area contributed by atoms with E-state index < -0.39 is 0 Å². The van der Waals surface area contributed by atoms with Crippen molar-refractivity contribution in [1.29, 1.82) is 0 Å². The predicted octanol–water partition coefficient (Wildman–Crippen LogP) is 9.86. The Bertz CT molecular complexity index is 1450. The van der Waals surface area contributed by atoms with Crippen LogP contribution in [0.3, 0.4) is 0 Å². The summed E-state index contributed by atoms with van der Waals surface area (Å²) in [5.41, 5.74) is 9.33. The van der Waals surface area contributed by atoms with Gasteiger partial charge in [-0.25, -0.2) is 0 Å². The van der Waals surface area contributed by atoms with Crippen molar-refractivity contribution in [3.8, 4) is 0 Å². The number of nitrogens with zero attached hydrogens (tertiary/aromatic N) is 2.